The first-order chi connectivity index (χ1) is 5.69. The Labute approximate surface area is 81.6 Å². The van der Waals surface area contributed by atoms with Crippen molar-refractivity contribution >= 4 is 21.7 Å². The average Bonchev–Trinajstić information content (AvgIpc) is 2.03. The molecule has 0 aliphatic heterocycles. The predicted octanol–water partition coefficient (Wildman–Crippen LogP) is 3.56. The maximum absolute atomic E-state index is 5.71. The Balaban J connectivity index is 3.24. The van der Waals surface area contributed by atoms with E-state index in [9.17, 15) is 0 Å². The van der Waals surface area contributed by atoms with Crippen molar-refractivity contribution in [3.8, 4) is 5.75 Å². The highest BCUT2D eigenvalue weighted by Gasteiger charge is 2.06. The van der Waals surface area contributed by atoms with Gasteiger partial charge in [-0.25, -0.2) is 0 Å². The van der Waals surface area contributed by atoms with Gasteiger partial charge in [-0.05, 0) is 52.7 Å². The predicted molar refractivity (Wildman–Crippen MR) is 54.2 cm³/mol. The van der Waals surface area contributed by atoms with Crippen molar-refractivity contribution < 1.29 is 4.74 Å². The summed E-state index contributed by atoms with van der Waals surface area (Å²) in [5.41, 5.74) is 2.35. The number of ether oxygens (including phenoxy) is 1. The van der Waals surface area contributed by atoms with Crippen molar-refractivity contribution in [1.82, 2.24) is 0 Å². The van der Waals surface area contributed by atoms with Crippen LogP contribution in [0.4, 0.5) is 0 Å². The molecule has 12 heavy (non-hydrogen) atoms. The van der Waals surface area contributed by atoms with Gasteiger partial charge in [0.05, 0.1) is 12.0 Å². The number of rotatable bonds is 2. The molecule has 1 rings (SSSR count). The lowest BCUT2D eigenvalue weighted by atomic mass is 10.1. The number of methoxy groups -OCH3 is 1. The molecule has 0 saturated heterocycles. The quantitative estimate of drug-likeness (QED) is 0.726. The van der Waals surface area contributed by atoms with Crippen LogP contribution in [-0.2, 0) is 0 Å². The zero-order chi connectivity index (χ0) is 9.14. The van der Waals surface area contributed by atoms with Crippen molar-refractivity contribution in [2.24, 2.45) is 0 Å². The lowest BCUT2D eigenvalue weighted by Crippen LogP contribution is -1.89. The zero-order valence-electron chi connectivity index (χ0n) is 7.35. The van der Waals surface area contributed by atoms with Gasteiger partial charge in [0.1, 0.15) is 5.75 Å². The van der Waals surface area contributed by atoms with Crippen LogP contribution in [-0.4, -0.2) is 7.11 Å². The highest BCUT2D eigenvalue weighted by atomic mass is 35.7. The molecule has 0 aromatic heterocycles. The van der Waals surface area contributed by atoms with E-state index < -0.39 is 0 Å². The van der Waals surface area contributed by atoms with Gasteiger partial charge in [-0.15, -0.1) is 0 Å². The van der Waals surface area contributed by atoms with Crippen molar-refractivity contribution in [3.63, 3.8) is 0 Å². The van der Waals surface area contributed by atoms with Crippen LogP contribution in [0.3, 0.4) is 0 Å². The Hall–Kier alpha value is -0.340. The lowest BCUT2D eigenvalue weighted by molar-refractivity contribution is 0.404. The monoisotopic (exact) mass is 202 g/mol. The van der Waals surface area contributed by atoms with Crippen LogP contribution < -0.4 is 4.74 Å². The van der Waals surface area contributed by atoms with Crippen LogP contribution in [0.2, 0.25) is 0 Å². The first kappa shape index (κ1) is 9.75. The second-order valence-electron chi connectivity index (χ2n) is 2.69. The molecule has 0 aliphatic rings. The minimum absolute atomic E-state index is 0.854. The highest BCUT2D eigenvalue weighted by Crippen LogP contribution is 2.35. The lowest BCUT2D eigenvalue weighted by Gasteiger charge is -2.08. The Morgan fingerprint density at radius 3 is 2.50 bits per heavy atom. The molecule has 0 bridgehead atoms. The summed E-state index contributed by atoms with van der Waals surface area (Å²) in [6.07, 6.45) is 0. The van der Waals surface area contributed by atoms with Gasteiger partial charge in [0, 0.05) is 0 Å². The molecule has 66 valence electrons. The number of hydrogen-bond acceptors (Lipinski definition) is 2. The van der Waals surface area contributed by atoms with Crippen LogP contribution >= 0.6 is 21.7 Å². The highest BCUT2D eigenvalue weighted by molar-refractivity contribution is 8.21. The fourth-order valence-corrected chi connectivity index (χ4v) is 2.16. The van der Waals surface area contributed by atoms with Crippen LogP contribution in [0.1, 0.15) is 11.1 Å². The smallest absolute Gasteiger partial charge is 0.134 e. The summed E-state index contributed by atoms with van der Waals surface area (Å²) in [7, 11) is 8.57. The molecular weight excluding hydrogens is 192 g/mol. The second kappa shape index (κ2) is 4.06. The van der Waals surface area contributed by atoms with Crippen molar-refractivity contribution in [2.45, 2.75) is 18.7 Å². The van der Waals surface area contributed by atoms with Gasteiger partial charge in [-0.2, -0.15) is 0 Å². The largest absolute Gasteiger partial charge is 0.496 e. The van der Waals surface area contributed by atoms with E-state index in [1.807, 2.05) is 19.9 Å². The van der Waals surface area contributed by atoms with Crippen LogP contribution in [0.15, 0.2) is 17.0 Å². The van der Waals surface area contributed by atoms with Gasteiger partial charge in [0.25, 0.3) is 0 Å². The summed E-state index contributed by atoms with van der Waals surface area (Å²) < 4.78 is 5.19. The molecule has 1 aromatic rings. The Bertz CT molecular complexity index is 286. The molecule has 0 fully saturated rings. The zero-order valence-corrected chi connectivity index (χ0v) is 8.92. The summed E-state index contributed by atoms with van der Waals surface area (Å²) in [5, 5.41) is 0. The van der Waals surface area contributed by atoms with E-state index in [1.54, 1.807) is 7.11 Å². The second-order valence-corrected chi connectivity index (χ2v) is 3.72. The van der Waals surface area contributed by atoms with E-state index in [1.165, 1.54) is 16.5 Å². The average molecular weight is 203 g/mol. The summed E-state index contributed by atoms with van der Waals surface area (Å²) >= 11 is 0. The Kier molecular flexibility index (Phi) is 3.29. The van der Waals surface area contributed by atoms with E-state index in [0.717, 1.165) is 16.2 Å². The Morgan fingerprint density at radius 2 is 2.00 bits per heavy atom. The normalized spacial score (nSPS) is 10.0. The summed E-state index contributed by atoms with van der Waals surface area (Å²) in [5.74, 6) is 0.854. The molecule has 0 saturated carbocycles. The van der Waals surface area contributed by atoms with E-state index in [-0.39, 0.29) is 0 Å². The number of aryl methyl sites for hydroxylation is 2. The van der Waals surface area contributed by atoms with Gasteiger partial charge in [0.2, 0.25) is 0 Å². The fraction of sp³-hybridized carbons (Fsp3) is 0.333. The molecular formula is C9H11ClOS. The van der Waals surface area contributed by atoms with E-state index in [4.69, 9.17) is 15.4 Å². The fourth-order valence-electron chi connectivity index (χ4n) is 1.17. The van der Waals surface area contributed by atoms with Crippen LogP contribution in [0.5, 0.6) is 5.75 Å². The summed E-state index contributed by atoms with van der Waals surface area (Å²) in [6, 6.07) is 4.07. The SMILES string of the molecule is COc1cc(C)cc(C)c1SCl. The van der Waals surface area contributed by atoms with Crippen LogP contribution in [0.25, 0.3) is 0 Å². The summed E-state index contributed by atoms with van der Waals surface area (Å²) in [6.45, 7) is 4.07. The third-order valence-electron chi connectivity index (χ3n) is 1.68. The molecule has 0 radical (unpaired) electrons. The molecule has 0 spiro atoms. The van der Waals surface area contributed by atoms with Gasteiger partial charge in [-0.1, -0.05) is 6.07 Å². The van der Waals surface area contributed by atoms with E-state index >= 15 is 0 Å². The third-order valence-corrected chi connectivity index (χ3v) is 2.82. The van der Waals surface area contributed by atoms with E-state index in [2.05, 4.69) is 6.07 Å². The molecule has 0 heterocycles. The Morgan fingerprint density at radius 1 is 1.33 bits per heavy atom. The molecule has 0 unspecified atom stereocenters. The van der Waals surface area contributed by atoms with Crippen molar-refractivity contribution in [3.05, 3.63) is 23.3 Å². The maximum atomic E-state index is 5.71. The number of halogens is 1. The van der Waals surface area contributed by atoms with E-state index in [0.29, 0.717) is 0 Å². The molecule has 0 N–H and O–H groups in total. The van der Waals surface area contributed by atoms with Crippen molar-refractivity contribution in [1.29, 1.82) is 0 Å². The molecule has 3 heteroatoms. The van der Waals surface area contributed by atoms with Gasteiger partial charge < -0.3 is 4.74 Å². The minimum atomic E-state index is 0.854. The molecule has 0 amide bonds. The minimum Gasteiger partial charge on any atom is -0.496 e. The number of hydrogen-bond donors (Lipinski definition) is 0. The molecule has 0 aliphatic carbocycles. The maximum Gasteiger partial charge on any atom is 0.134 e. The first-order valence-electron chi connectivity index (χ1n) is 3.63. The topological polar surface area (TPSA) is 9.23 Å². The van der Waals surface area contributed by atoms with Crippen molar-refractivity contribution in [2.75, 3.05) is 7.11 Å². The molecule has 1 aromatic carbocycles. The van der Waals surface area contributed by atoms with Gasteiger partial charge in [-0.3, -0.25) is 0 Å². The molecule has 0 atom stereocenters. The number of benzene rings is 1. The first-order valence-corrected chi connectivity index (χ1v) is 5.27. The van der Waals surface area contributed by atoms with Gasteiger partial charge >= 0.3 is 0 Å². The van der Waals surface area contributed by atoms with Crippen LogP contribution in [0, 0.1) is 13.8 Å². The summed E-state index contributed by atoms with van der Waals surface area (Å²) in [4.78, 5) is 1.00. The molecule has 1 nitrogen and oxygen atoms in total. The third kappa shape index (κ3) is 1.87. The standard InChI is InChI=1S/C9H11ClOS/c1-6-4-7(2)9(12-10)8(5-6)11-3/h4-5H,1-3H3. The van der Waals surface area contributed by atoms with Gasteiger partial charge in [0.15, 0.2) is 0 Å².